The van der Waals surface area contributed by atoms with Crippen molar-refractivity contribution >= 4 is 16.3 Å². The summed E-state index contributed by atoms with van der Waals surface area (Å²) in [7, 11) is 0. The summed E-state index contributed by atoms with van der Waals surface area (Å²) < 4.78 is 2.16. The van der Waals surface area contributed by atoms with Crippen molar-refractivity contribution in [2.75, 3.05) is 0 Å². The molecule has 0 bridgehead atoms. The van der Waals surface area contributed by atoms with E-state index in [0.29, 0.717) is 6.54 Å². The van der Waals surface area contributed by atoms with Gasteiger partial charge in [-0.05, 0) is 19.4 Å². The molecule has 0 saturated carbocycles. The third-order valence-electron chi connectivity index (χ3n) is 3.44. The van der Waals surface area contributed by atoms with E-state index in [4.69, 9.17) is 0 Å². The third-order valence-corrected chi connectivity index (χ3v) is 4.47. The predicted octanol–water partition coefficient (Wildman–Crippen LogP) is 2.04. The van der Waals surface area contributed by atoms with E-state index < -0.39 is 0 Å². The maximum absolute atomic E-state index is 10.6. The van der Waals surface area contributed by atoms with Crippen molar-refractivity contribution in [1.82, 2.24) is 20.1 Å². The fourth-order valence-electron chi connectivity index (χ4n) is 2.40. The zero-order chi connectivity index (χ0) is 14.1. The first-order valence-electron chi connectivity index (χ1n) is 6.53. The number of fused-ring (bicyclic) bond motifs is 1. The lowest BCUT2D eigenvalue weighted by Gasteiger charge is -2.12. The molecule has 0 radical (unpaired) electrons. The maximum Gasteiger partial charge on any atom is 0.324 e. The van der Waals surface area contributed by atoms with Gasteiger partial charge in [-0.2, -0.15) is 0 Å². The molecule has 7 nitrogen and oxygen atoms in total. The van der Waals surface area contributed by atoms with E-state index in [-0.39, 0.29) is 16.0 Å². The largest absolute Gasteiger partial charge is 0.324 e. The second-order valence-corrected chi connectivity index (χ2v) is 5.98. The fraction of sp³-hybridized carbons (Fsp3) is 0.500. The number of hydrogen-bond donors (Lipinski definition) is 1. The van der Waals surface area contributed by atoms with E-state index in [0.717, 1.165) is 35.9 Å². The molecule has 3 rings (SSSR count). The number of hydrogen-bond acceptors (Lipinski definition) is 6. The molecule has 3 heterocycles. The fourth-order valence-corrected chi connectivity index (χ4v) is 3.17. The Kier molecular flexibility index (Phi) is 3.49. The summed E-state index contributed by atoms with van der Waals surface area (Å²) in [5, 5.41) is 22.6. The Morgan fingerprint density at radius 1 is 1.55 bits per heavy atom. The molecule has 2 aromatic rings. The molecular formula is C12H15N5O2S. The highest BCUT2D eigenvalue weighted by Gasteiger charge is 2.21. The number of nitro groups is 1. The zero-order valence-corrected chi connectivity index (χ0v) is 11.9. The van der Waals surface area contributed by atoms with Crippen LogP contribution in [-0.2, 0) is 19.5 Å². The molecule has 0 amide bonds. The van der Waals surface area contributed by atoms with Crippen LogP contribution in [0.25, 0.3) is 0 Å². The molecule has 0 aromatic carbocycles. The average Bonchev–Trinajstić information content (AvgIpc) is 3.11. The second-order valence-electron chi connectivity index (χ2n) is 4.83. The SMILES string of the molecule is CC(NCc1ccc([N+](=O)[O-])s1)c1nnc2n1CCC2. The molecule has 0 fully saturated rings. The molecule has 1 unspecified atom stereocenters. The van der Waals surface area contributed by atoms with Crippen LogP contribution in [0.15, 0.2) is 12.1 Å². The van der Waals surface area contributed by atoms with E-state index in [2.05, 4.69) is 20.1 Å². The molecule has 1 atom stereocenters. The number of thiophene rings is 1. The molecule has 0 aliphatic carbocycles. The minimum atomic E-state index is -0.358. The smallest absolute Gasteiger partial charge is 0.314 e. The zero-order valence-electron chi connectivity index (χ0n) is 11.1. The summed E-state index contributed by atoms with van der Waals surface area (Å²) in [4.78, 5) is 11.2. The summed E-state index contributed by atoms with van der Waals surface area (Å²) in [5.74, 6) is 2.00. The molecule has 106 valence electrons. The molecule has 1 aliphatic rings. The van der Waals surface area contributed by atoms with Crippen molar-refractivity contribution in [2.45, 2.75) is 38.9 Å². The highest BCUT2D eigenvalue weighted by Crippen LogP contribution is 2.25. The maximum atomic E-state index is 10.6. The van der Waals surface area contributed by atoms with Crippen LogP contribution < -0.4 is 5.32 Å². The lowest BCUT2D eigenvalue weighted by Crippen LogP contribution is -2.21. The van der Waals surface area contributed by atoms with Crippen molar-refractivity contribution in [3.63, 3.8) is 0 Å². The first-order chi connectivity index (χ1) is 9.65. The first-order valence-corrected chi connectivity index (χ1v) is 7.35. The molecule has 0 saturated heterocycles. The van der Waals surface area contributed by atoms with E-state index in [9.17, 15) is 10.1 Å². The van der Waals surface area contributed by atoms with Crippen LogP contribution in [0.1, 0.15) is 35.9 Å². The minimum absolute atomic E-state index is 0.0792. The van der Waals surface area contributed by atoms with Crippen LogP contribution in [-0.4, -0.2) is 19.7 Å². The van der Waals surface area contributed by atoms with Gasteiger partial charge < -0.3 is 9.88 Å². The molecule has 20 heavy (non-hydrogen) atoms. The van der Waals surface area contributed by atoms with Gasteiger partial charge in [0.1, 0.15) is 11.6 Å². The van der Waals surface area contributed by atoms with Crippen molar-refractivity contribution < 1.29 is 4.92 Å². The molecule has 2 aromatic heterocycles. The van der Waals surface area contributed by atoms with Gasteiger partial charge in [-0.3, -0.25) is 10.1 Å². The van der Waals surface area contributed by atoms with Crippen molar-refractivity contribution in [3.05, 3.63) is 38.8 Å². The monoisotopic (exact) mass is 293 g/mol. The van der Waals surface area contributed by atoms with Crippen molar-refractivity contribution in [1.29, 1.82) is 0 Å². The highest BCUT2D eigenvalue weighted by molar-refractivity contribution is 7.15. The topological polar surface area (TPSA) is 85.9 Å². The van der Waals surface area contributed by atoms with Crippen LogP contribution in [0, 0.1) is 10.1 Å². The lowest BCUT2D eigenvalue weighted by atomic mass is 10.3. The summed E-state index contributed by atoms with van der Waals surface area (Å²) in [6.07, 6.45) is 2.12. The number of rotatable bonds is 5. The van der Waals surface area contributed by atoms with Gasteiger partial charge >= 0.3 is 5.00 Å². The van der Waals surface area contributed by atoms with Crippen LogP contribution in [0.5, 0.6) is 0 Å². The van der Waals surface area contributed by atoms with Gasteiger partial charge in [-0.1, -0.05) is 11.3 Å². The number of aromatic nitrogens is 3. The van der Waals surface area contributed by atoms with Gasteiger partial charge in [-0.15, -0.1) is 10.2 Å². The Bertz CT molecular complexity index is 636. The van der Waals surface area contributed by atoms with Gasteiger partial charge in [0.2, 0.25) is 0 Å². The molecular weight excluding hydrogens is 278 g/mol. The number of nitrogens with one attached hydrogen (secondary N) is 1. The van der Waals surface area contributed by atoms with E-state index in [1.54, 1.807) is 12.1 Å². The van der Waals surface area contributed by atoms with Crippen molar-refractivity contribution in [3.8, 4) is 0 Å². The molecule has 1 aliphatic heterocycles. The molecule has 1 N–H and O–H groups in total. The Labute approximate surface area is 119 Å². The summed E-state index contributed by atoms with van der Waals surface area (Å²) >= 11 is 1.20. The Hall–Kier alpha value is -1.80. The van der Waals surface area contributed by atoms with Crippen LogP contribution in [0.3, 0.4) is 0 Å². The van der Waals surface area contributed by atoms with Gasteiger partial charge in [0.05, 0.1) is 11.0 Å². The summed E-state index contributed by atoms with van der Waals surface area (Å²) in [6.45, 7) is 3.62. The van der Waals surface area contributed by atoms with Gasteiger partial charge in [0.25, 0.3) is 0 Å². The van der Waals surface area contributed by atoms with Gasteiger partial charge in [-0.25, -0.2) is 0 Å². The van der Waals surface area contributed by atoms with Gasteiger partial charge in [0.15, 0.2) is 0 Å². The van der Waals surface area contributed by atoms with Gasteiger partial charge in [0, 0.05) is 30.5 Å². The standard InChI is InChI=1S/C12H15N5O2S/c1-8(12-15-14-10-3-2-6-16(10)12)13-7-9-4-5-11(20-9)17(18)19/h4-5,8,13H,2-3,6-7H2,1H3. The second kappa shape index (κ2) is 5.29. The predicted molar refractivity (Wildman–Crippen MR) is 74.6 cm³/mol. The van der Waals surface area contributed by atoms with E-state index in [1.807, 2.05) is 6.92 Å². The molecule has 0 spiro atoms. The Balaban J connectivity index is 1.64. The van der Waals surface area contributed by atoms with Crippen LogP contribution in [0.4, 0.5) is 5.00 Å². The van der Waals surface area contributed by atoms with E-state index >= 15 is 0 Å². The minimum Gasteiger partial charge on any atom is -0.314 e. The Morgan fingerprint density at radius 2 is 2.40 bits per heavy atom. The normalized spacial score (nSPS) is 15.2. The average molecular weight is 293 g/mol. The lowest BCUT2D eigenvalue weighted by molar-refractivity contribution is -0.380. The first kappa shape index (κ1) is 13.2. The quantitative estimate of drug-likeness (QED) is 0.673. The van der Waals surface area contributed by atoms with Crippen LogP contribution >= 0.6 is 11.3 Å². The molecule has 8 heteroatoms. The summed E-state index contributed by atoms with van der Waals surface area (Å²) in [5.41, 5.74) is 0. The third kappa shape index (κ3) is 2.44. The summed E-state index contributed by atoms with van der Waals surface area (Å²) in [6, 6.07) is 3.41. The highest BCUT2D eigenvalue weighted by atomic mass is 32.1. The van der Waals surface area contributed by atoms with Crippen molar-refractivity contribution in [2.24, 2.45) is 0 Å². The Morgan fingerprint density at radius 3 is 3.15 bits per heavy atom. The van der Waals surface area contributed by atoms with Crippen LogP contribution in [0.2, 0.25) is 0 Å². The van der Waals surface area contributed by atoms with E-state index in [1.165, 1.54) is 11.3 Å². The number of nitrogens with zero attached hydrogens (tertiary/aromatic N) is 4. The number of aryl methyl sites for hydroxylation is 1.